The molecule has 0 aliphatic heterocycles. The van der Waals surface area contributed by atoms with Gasteiger partial charge in [0.25, 0.3) is 0 Å². The van der Waals surface area contributed by atoms with E-state index in [0.717, 1.165) is 24.6 Å². The topological polar surface area (TPSA) is 0 Å². The van der Waals surface area contributed by atoms with E-state index in [1.54, 1.807) is 0 Å². The summed E-state index contributed by atoms with van der Waals surface area (Å²) in [5.41, 5.74) is 0. The molecular formula is C8H18S2Se. The van der Waals surface area contributed by atoms with E-state index in [1.807, 2.05) is 0 Å². The standard InChI is InChI=1S/C8H18S2Se/c1-7(2)5-9-11-10-6-8(3)4/h7-8H,5-6H2,1-4H3. The van der Waals surface area contributed by atoms with Gasteiger partial charge in [-0.3, -0.25) is 0 Å². The maximum absolute atomic E-state index is 2.29. The van der Waals surface area contributed by atoms with Crippen LogP contribution in [0.25, 0.3) is 0 Å². The first-order valence-corrected chi connectivity index (χ1v) is 10.1. The van der Waals surface area contributed by atoms with E-state index in [2.05, 4.69) is 48.1 Å². The molecule has 0 aromatic heterocycles. The van der Waals surface area contributed by atoms with Crippen LogP contribution in [0.5, 0.6) is 0 Å². The first-order valence-electron chi connectivity index (χ1n) is 4.04. The third kappa shape index (κ3) is 11.2. The monoisotopic (exact) mass is 258 g/mol. The summed E-state index contributed by atoms with van der Waals surface area (Å²) in [7, 11) is 4.26. The van der Waals surface area contributed by atoms with E-state index < -0.39 is 0 Å². The first-order chi connectivity index (χ1) is 5.13. The molecule has 0 nitrogen and oxygen atoms in total. The summed E-state index contributed by atoms with van der Waals surface area (Å²) < 4.78 is 0. The van der Waals surface area contributed by atoms with Crippen molar-refractivity contribution in [1.82, 2.24) is 0 Å². The molecule has 0 radical (unpaired) electrons. The van der Waals surface area contributed by atoms with Crippen LogP contribution in [0, 0.1) is 11.8 Å². The Bertz CT molecular complexity index is 74.2. The molecule has 0 aromatic rings. The van der Waals surface area contributed by atoms with Crippen LogP contribution in [0.1, 0.15) is 27.7 Å². The molecule has 0 heterocycles. The molecule has 68 valence electrons. The van der Waals surface area contributed by atoms with E-state index in [-0.39, 0.29) is 0 Å². The summed E-state index contributed by atoms with van der Waals surface area (Å²) in [5.74, 6) is 4.40. The van der Waals surface area contributed by atoms with Crippen molar-refractivity contribution in [3.8, 4) is 0 Å². The molecule has 0 amide bonds. The normalized spacial score (nSPS) is 11.5. The van der Waals surface area contributed by atoms with E-state index in [4.69, 9.17) is 0 Å². The van der Waals surface area contributed by atoms with Crippen LogP contribution >= 0.6 is 20.4 Å². The second kappa shape index (κ2) is 7.85. The Hall–Kier alpha value is 1.22. The average Bonchev–Trinajstić information content (AvgIpc) is 1.85. The van der Waals surface area contributed by atoms with Crippen molar-refractivity contribution in [2.24, 2.45) is 11.8 Å². The van der Waals surface area contributed by atoms with Crippen LogP contribution in [-0.4, -0.2) is 24.2 Å². The van der Waals surface area contributed by atoms with Crippen LogP contribution in [0.2, 0.25) is 0 Å². The molecule has 0 fully saturated rings. The summed E-state index contributed by atoms with van der Waals surface area (Å²) in [5, 5.41) is 0. The molecule has 0 aliphatic carbocycles. The molecule has 0 aliphatic rings. The van der Waals surface area contributed by atoms with E-state index in [1.165, 1.54) is 11.5 Å². The summed E-state index contributed by atoms with van der Waals surface area (Å²) in [6.07, 6.45) is 0. The Kier molecular flexibility index (Phi) is 8.72. The molecule has 0 saturated carbocycles. The van der Waals surface area contributed by atoms with Gasteiger partial charge in [0.15, 0.2) is 0 Å². The predicted molar refractivity (Wildman–Crippen MR) is 60.3 cm³/mol. The van der Waals surface area contributed by atoms with Crippen molar-refractivity contribution in [3.63, 3.8) is 0 Å². The summed E-state index contributed by atoms with van der Waals surface area (Å²) in [6.45, 7) is 9.15. The summed E-state index contributed by atoms with van der Waals surface area (Å²) in [6, 6.07) is 0. The van der Waals surface area contributed by atoms with Gasteiger partial charge in [0.1, 0.15) is 0 Å². The molecule has 0 N–H and O–H groups in total. The van der Waals surface area contributed by atoms with Gasteiger partial charge in [-0.2, -0.15) is 0 Å². The van der Waals surface area contributed by atoms with Gasteiger partial charge < -0.3 is 0 Å². The molecular weight excluding hydrogens is 239 g/mol. The number of hydrogen-bond acceptors (Lipinski definition) is 2. The van der Waals surface area contributed by atoms with E-state index in [0.29, 0.717) is 0 Å². The van der Waals surface area contributed by atoms with E-state index in [9.17, 15) is 0 Å². The molecule has 0 atom stereocenters. The molecule has 0 rings (SSSR count). The zero-order chi connectivity index (χ0) is 8.69. The SMILES string of the molecule is CC(C)CS[Se]SCC(C)C. The van der Waals surface area contributed by atoms with Crippen LogP contribution in [0.15, 0.2) is 0 Å². The van der Waals surface area contributed by atoms with Gasteiger partial charge in [-0.25, -0.2) is 0 Å². The van der Waals surface area contributed by atoms with Crippen molar-refractivity contribution in [3.05, 3.63) is 0 Å². The van der Waals surface area contributed by atoms with Crippen molar-refractivity contribution >= 4 is 33.1 Å². The second-order valence-corrected chi connectivity index (χ2v) is 10.6. The fourth-order valence-electron chi connectivity index (χ4n) is 0.362. The second-order valence-electron chi connectivity index (χ2n) is 3.42. The van der Waals surface area contributed by atoms with Gasteiger partial charge in [0.2, 0.25) is 0 Å². The van der Waals surface area contributed by atoms with E-state index >= 15 is 0 Å². The van der Waals surface area contributed by atoms with Crippen LogP contribution in [-0.2, 0) is 0 Å². The van der Waals surface area contributed by atoms with Crippen LogP contribution in [0.4, 0.5) is 0 Å². The van der Waals surface area contributed by atoms with Gasteiger partial charge in [0, 0.05) is 0 Å². The van der Waals surface area contributed by atoms with Crippen LogP contribution in [0.3, 0.4) is 0 Å². The Labute approximate surface area is 84.0 Å². The van der Waals surface area contributed by atoms with Crippen molar-refractivity contribution < 1.29 is 0 Å². The quantitative estimate of drug-likeness (QED) is 0.529. The predicted octanol–water partition coefficient (Wildman–Crippen LogP) is 3.30. The Morgan fingerprint density at radius 2 is 1.27 bits per heavy atom. The fraction of sp³-hybridized carbons (Fsp3) is 1.00. The van der Waals surface area contributed by atoms with Gasteiger partial charge in [-0.05, 0) is 0 Å². The van der Waals surface area contributed by atoms with Crippen molar-refractivity contribution in [2.45, 2.75) is 27.7 Å². The Balaban J connectivity index is 2.91. The minimum absolute atomic E-state index is 0.772. The fourth-order valence-corrected chi connectivity index (χ4v) is 8.43. The van der Waals surface area contributed by atoms with Gasteiger partial charge in [-0.15, -0.1) is 0 Å². The third-order valence-corrected chi connectivity index (χ3v) is 8.62. The zero-order valence-electron chi connectivity index (χ0n) is 7.79. The number of rotatable bonds is 6. The first kappa shape index (κ1) is 12.2. The van der Waals surface area contributed by atoms with Gasteiger partial charge >= 0.3 is 84.1 Å². The molecule has 0 aromatic carbocycles. The molecule has 0 saturated heterocycles. The van der Waals surface area contributed by atoms with Gasteiger partial charge in [-0.1, -0.05) is 0 Å². The molecule has 3 heteroatoms. The third-order valence-electron chi connectivity index (χ3n) is 0.899. The summed E-state index contributed by atoms with van der Waals surface area (Å²) >= 11 is 0.772. The van der Waals surface area contributed by atoms with Crippen molar-refractivity contribution in [1.29, 1.82) is 0 Å². The average molecular weight is 257 g/mol. The number of hydrogen-bond donors (Lipinski definition) is 0. The van der Waals surface area contributed by atoms with Crippen LogP contribution < -0.4 is 0 Å². The maximum atomic E-state index is 2.29. The minimum atomic E-state index is 0.772. The molecule has 0 bridgehead atoms. The molecule has 11 heavy (non-hydrogen) atoms. The van der Waals surface area contributed by atoms with Crippen molar-refractivity contribution in [2.75, 3.05) is 11.5 Å². The zero-order valence-corrected chi connectivity index (χ0v) is 11.1. The summed E-state index contributed by atoms with van der Waals surface area (Å²) in [4.78, 5) is 0. The molecule has 0 unspecified atom stereocenters. The Morgan fingerprint density at radius 1 is 0.909 bits per heavy atom. The van der Waals surface area contributed by atoms with Gasteiger partial charge in [0.05, 0.1) is 0 Å². The Morgan fingerprint density at radius 3 is 1.55 bits per heavy atom. The molecule has 0 spiro atoms.